The predicted octanol–water partition coefficient (Wildman–Crippen LogP) is 2.52. The molecule has 3 aliphatic rings. The second kappa shape index (κ2) is 6.73. The van der Waals surface area contributed by atoms with Crippen molar-refractivity contribution in [1.82, 2.24) is 10.2 Å². The number of fused-ring (bicyclic) bond motifs is 1. The lowest BCUT2D eigenvalue weighted by Crippen LogP contribution is -2.53. The number of aliphatic hydroxyl groups is 1. The van der Waals surface area contributed by atoms with Gasteiger partial charge in [0.15, 0.2) is 5.60 Å². The maximum Gasteiger partial charge on any atom is 0.259 e. The van der Waals surface area contributed by atoms with Crippen molar-refractivity contribution >= 4 is 5.91 Å². The average molecular weight is 342 g/mol. The van der Waals surface area contributed by atoms with Gasteiger partial charge in [0, 0.05) is 31.6 Å². The maximum atomic E-state index is 13.7. The van der Waals surface area contributed by atoms with E-state index in [0.29, 0.717) is 24.4 Å². The predicted molar refractivity (Wildman–Crippen MR) is 97.9 cm³/mol. The van der Waals surface area contributed by atoms with Gasteiger partial charge in [0.2, 0.25) is 0 Å². The first-order chi connectivity index (χ1) is 12.2. The van der Waals surface area contributed by atoms with E-state index >= 15 is 0 Å². The van der Waals surface area contributed by atoms with Crippen molar-refractivity contribution < 1.29 is 9.90 Å². The molecule has 136 valence electrons. The maximum absolute atomic E-state index is 13.7. The Bertz CT molecular complexity index is 604. The molecule has 3 unspecified atom stereocenters. The van der Waals surface area contributed by atoms with Crippen LogP contribution in [0.15, 0.2) is 30.3 Å². The molecule has 2 N–H and O–H groups in total. The van der Waals surface area contributed by atoms with Crippen LogP contribution in [0, 0.1) is 17.8 Å². The lowest BCUT2D eigenvalue weighted by Gasteiger charge is -2.41. The van der Waals surface area contributed by atoms with Crippen LogP contribution in [-0.4, -0.2) is 41.6 Å². The van der Waals surface area contributed by atoms with Crippen molar-refractivity contribution in [2.24, 2.45) is 17.8 Å². The largest absolute Gasteiger partial charge is 0.375 e. The molecule has 3 fully saturated rings. The highest BCUT2D eigenvalue weighted by atomic mass is 16.3. The zero-order valence-corrected chi connectivity index (χ0v) is 15.2. The summed E-state index contributed by atoms with van der Waals surface area (Å²) in [5, 5.41) is 15.2. The summed E-state index contributed by atoms with van der Waals surface area (Å²) in [6, 6.07) is 9.98. The summed E-state index contributed by atoms with van der Waals surface area (Å²) in [5.74, 6) is 1.12. The van der Waals surface area contributed by atoms with E-state index in [-0.39, 0.29) is 11.8 Å². The van der Waals surface area contributed by atoms with E-state index in [0.717, 1.165) is 44.3 Å². The van der Waals surface area contributed by atoms with Crippen molar-refractivity contribution in [3.05, 3.63) is 35.9 Å². The number of carbonyl (C=O) groups is 1. The topological polar surface area (TPSA) is 52.6 Å². The van der Waals surface area contributed by atoms with Crippen LogP contribution < -0.4 is 5.32 Å². The van der Waals surface area contributed by atoms with E-state index in [9.17, 15) is 9.90 Å². The van der Waals surface area contributed by atoms with Crippen LogP contribution in [0.3, 0.4) is 0 Å². The van der Waals surface area contributed by atoms with Gasteiger partial charge in [-0.25, -0.2) is 0 Å². The summed E-state index contributed by atoms with van der Waals surface area (Å²) in [7, 11) is 0. The van der Waals surface area contributed by atoms with Crippen LogP contribution in [-0.2, 0) is 10.4 Å². The standard InChI is InChI=1S/C21H30N2O2/c1-2-23(19-17-13-22-14-18(17)19)20(24)21(25,15-9-5-3-6-10-15)16-11-7-4-8-12-16/h3,5-6,9-10,16-19,22,25H,2,4,7-8,11-14H2,1H3. The number of hydrogen-bond acceptors (Lipinski definition) is 3. The molecule has 4 heteroatoms. The average Bonchev–Trinajstić information content (AvgIpc) is 3.13. The molecule has 25 heavy (non-hydrogen) atoms. The van der Waals surface area contributed by atoms with Crippen LogP contribution >= 0.6 is 0 Å². The van der Waals surface area contributed by atoms with Crippen LogP contribution in [0.1, 0.15) is 44.6 Å². The third-order valence-corrected chi connectivity index (χ3v) is 6.74. The Kier molecular flexibility index (Phi) is 4.59. The Hall–Kier alpha value is -1.39. The number of hydrogen-bond donors (Lipinski definition) is 2. The van der Waals surface area contributed by atoms with Gasteiger partial charge < -0.3 is 15.3 Å². The molecule has 0 radical (unpaired) electrons. The van der Waals surface area contributed by atoms with Crippen LogP contribution in [0.2, 0.25) is 0 Å². The number of nitrogens with one attached hydrogen (secondary N) is 1. The molecule has 1 aromatic carbocycles. The molecule has 1 amide bonds. The molecule has 1 saturated heterocycles. The van der Waals surface area contributed by atoms with Gasteiger partial charge in [0.05, 0.1) is 0 Å². The SMILES string of the molecule is CCN(C(=O)C(O)(c1ccccc1)C1CCCCC1)C1C2CNCC21. The molecule has 1 aliphatic heterocycles. The first-order valence-electron chi connectivity index (χ1n) is 9.97. The molecule has 2 saturated carbocycles. The molecule has 0 bridgehead atoms. The van der Waals surface area contributed by atoms with Gasteiger partial charge in [0.25, 0.3) is 5.91 Å². The Morgan fingerprint density at radius 2 is 1.80 bits per heavy atom. The number of nitrogens with zero attached hydrogens (tertiary/aromatic N) is 1. The van der Waals surface area contributed by atoms with Crippen molar-refractivity contribution in [3.8, 4) is 0 Å². The third-order valence-electron chi connectivity index (χ3n) is 6.74. The number of likely N-dealkylation sites (N-methyl/N-ethyl adjacent to an activating group) is 1. The van der Waals surface area contributed by atoms with Gasteiger partial charge in [-0.1, -0.05) is 49.6 Å². The van der Waals surface area contributed by atoms with Gasteiger partial charge >= 0.3 is 0 Å². The Morgan fingerprint density at radius 1 is 1.16 bits per heavy atom. The van der Waals surface area contributed by atoms with Gasteiger partial charge in [-0.3, -0.25) is 4.79 Å². The molecule has 0 spiro atoms. The summed E-state index contributed by atoms with van der Waals surface area (Å²) in [4.78, 5) is 15.6. The molecule has 2 aliphatic carbocycles. The first-order valence-corrected chi connectivity index (χ1v) is 9.97. The fourth-order valence-corrected chi connectivity index (χ4v) is 5.30. The Balaban J connectivity index is 1.66. The number of carbonyl (C=O) groups excluding carboxylic acids is 1. The minimum absolute atomic E-state index is 0.0296. The summed E-state index contributed by atoms with van der Waals surface area (Å²) in [6.45, 7) is 4.74. The molecule has 1 aromatic rings. The molecule has 4 nitrogen and oxygen atoms in total. The van der Waals surface area contributed by atoms with Gasteiger partial charge in [0.1, 0.15) is 0 Å². The highest BCUT2D eigenvalue weighted by Gasteiger charge is 2.59. The van der Waals surface area contributed by atoms with E-state index in [1.165, 1.54) is 6.42 Å². The Labute approximate surface area is 150 Å². The summed E-state index contributed by atoms with van der Waals surface area (Å²) < 4.78 is 0. The molecular weight excluding hydrogens is 312 g/mol. The molecular formula is C21H30N2O2. The summed E-state index contributed by atoms with van der Waals surface area (Å²) in [6.07, 6.45) is 5.31. The Morgan fingerprint density at radius 3 is 2.40 bits per heavy atom. The highest BCUT2D eigenvalue weighted by molar-refractivity contribution is 5.87. The van der Waals surface area contributed by atoms with Crippen LogP contribution in [0.5, 0.6) is 0 Å². The van der Waals surface area contributed by atoms with Gasteiger partial charge in [-0.15, -0.1) is 0 Å². The summed E-state index contributed by atoms with van der Waals surface area (Å²) >= 11 is 0. The number of amides is 1. The minimum Gasteiger partial charge on any atom is -0.375 e. The third kappa shape index (κ3) is 2.80. The van der Waals surface area contributed by atoms with E-state index in [4.69, 9.17) is 0 Å². The number of piperidine rings is 1. The lowest BCUT2D eigenvalue weighted by molar-refractivity contribution is -0.162. The van der Waals surface area contributed by atoms with Crippen molar-refractivity contribution in [2.75, 3.05) is 19.6 Å². The zero-order chi connectivity index (χ0) is 17.4. The van der Waals surface area contributed by atoms with E-state index in [2.05, 4.69) is 5.32 Å². The fourth-order valence-electron chi connectivity index (χ4n) is 5.30. The second-order valence-electron chi connectivity index (χ2n) is 8.04. The summed E-state index contributed by atoms with van der Waals surface area (Å²) in [5.41, 5.74) is -0.601. The van der Waals surface area contributed by atoms with Crippen LogP contribution in [0.4, 0.5) is 0 Å². The molecule has 0 aromatic heterocycles. The smallest absolute Gasteiger partial charge is 0.259 e. The van der Waals surface area contributed by atoms with Crippen molar-refractivity contribution in [1.29, 1.82) is 0 Å². The van der Waals surface area contributed by atoms with E-state index in [1.54, 1.807) is 0 Å². The van der Waals surface area contributed by atoms with E-state index in [1.807, 2.05) is 42.2 Å². The quantitative estimate of drug-likeness (QED) is 0.864. The fraction of sp³-hybridized carbons (Fsp3) is 0.667. The number of benzene rings is 1. The molecule has 3 atom stereocenters. The minimum atomic E-state index is -1.37. The lowest BCUT2D eigenvalue weighted by atomic mass is 9.72. The monoisotopic (exact) mass is 342 g/mol. The van der Waals surface area contributed by atoms with Gasteiger partial charge in [-0.05, 0) is 37.2 Å². The van der Waals surface area contributed by atoms with Crippen molar-refractivity contribution in [2.45, 2.75) is 50.7 Å². The highest BCUT2D eigenvalue weighted by Crippen LogP contribution is 2.48. The molecule has 1 heterocycles. The van der Waals surface area contributed by atoms with Crippen LogP contribution in [0.25, 0.3) is 0 Å². The normalized spacial score (nSPS) is 31.2. The second-order valence-corrected chi connectivity index (χ2v) is 8.04. The van der Waals surface area contributed by atoms with Gasteiger partial charge in [-0.2, -0.15) is 0 Å². The first kappa shape index (κ1) is 17.0. The van der Waals surface area contributed by atoms with Crippen molar-refractivity contribution in [3.63, 3.8) is 0 Å². The number of rotatable bonds is 5. The molecule has 4 rings (SSSR count). The van der Waals surface area contributed by atoms with E-state index < -0.39 is 5.60 Å². The zero-order valence-electron chi connectivity index (χ0n) is 15.2.